The first-order chi connectivity index (χ1) is 12.8. The highest BCUT2D eigenvalue weighted by Crippen LogP contribution is 2.27. The summed E-state index contributed by atoms with van der Waals surface area (Å²) in [5, 5.41) is 13.5. The van der Waals surface area contributed by atoms with E-state index in [0.717, 1.165) is 11.1 Å². The van der Waals surface area contributed by atoms with Gasteiger partial charge < -0.3 is 5.32 Å². The van der Waals surface area contributed by atoms with E-state index in [4.69, 9.17) is 0 Å². The summed E-state index contributed by atoms with van der Waals surface area (Å²) in [6, 6.07) is 23.7. The minimum atomic E-state index is -0.127. The van der Waals surface area contributed by atoms with Crippen molar-refractivity contribution in [2.45, 2.75) is 16.3 Å². The first-order valence-corrected chi connectivity index (χ1v) is 9.00. The molecule has 0 aliphatic rings. The van der Waals surface area contributed by atoms with Crippen LogP contribution >= 0.6 is 11.8 Å². The maximum absolute atomic E-state index is 12.3. The zero-order valence-electron chi connectivity index (χ0n) is 13.8. The summed E-state index contributed by atoms with van der Waals surface area (Å²) in [5.41, 5.74) is 3.05. The van der Waals surface area contributed by atoms with E-state index in [1.54, 1.807) is 30.0 Å². The molecule has 4 aromatic rings. The highest BCUT2D eigenvalue weighted by molar-refractivity contribution is 7.99. The van der Waals surface area contributed by atoms with Crippen LogP contribution in [-0.4, -0.2) is 21.3 Å². The molecule has 0 saturated carbocycles. The van der Waals surface area contributed by atoms with Crippen LogP contribution in [0.2, 0.25) is 0 Å². The topological polar surface area (TPSA) is 70.7 Å². The quantitative estimate of drug-likeness (QED) is 0.563. The maximum atomic E-state index is 12.3. The third-order valence-electron chi connectivity index (χ3n) is 3.93. The van der Waals surface area contributed by atoms with Gasteiger partial charge in [-0.3, -0.25) is 4.79 Å². The number of carbonyl (C=O) groups excluding carboxylic acids is 1. The van der Waals surface area contributed by atoms with E-state index < -0.39 is 0 Å². The van der Waals surface area contributed by atoms with Crippen LogP contribution in [0.25, 0.3) is 11.0 Å². The van der Waals surface area contributed by atoms with Gasteiger partial charge in [-0.25, -0.2) is 0 Å². The molecule has 1 heterocycles. The van der Waals surface area contributed by atoms with Crippen molar-refractivity contribution in [2.75, 3.05) is 0 Å². The molecule has 0 atom stereocenters. The van der Waals surface area contributed by atoms with Gasteiger partial charge in [0.1, 0.15) is 11.0 Å². The molecule has 0 fully saturated rings. The number of hydrogen-bond donors (Lipinski definition) is 2. The third kappa shape index (κ3) is 3.75. The van der Waals surface area contributed by atoms with E-state index in [0.29, 0.717) is 17.6 Å². The average molecular weight is 360 g/mol. The van der Waals surface area contributed by atoms with Crippen molar-refractivity contribution >= 4 is 28.7 Å². The molecule has 6 heteroatoms. The van der Waals surface area contributed by atoms with Crippen LogP contribution in [0.1, 0.15) is 15.9 Å². The lowest BCUT2D eigenvalue weighted by Gasteiger charge is -2.07. The Hall–Kier alpha value is -3.12. The number of nitrogens with zero attached hydrogens (tertiary/aromatic N) is 2. The fraction of sp³-hybridized carbons (Fsp3) is 0.0500. The average Bonchev–Trinajstić information content (AvgIpc) is 3.16. The number of nitrogens with one attached hydrogen (secondary N) is 2. The molecule has 26 heavy (non-hydrogen) atoms. The van der Waals surface area contributed by atoms with Crippen LogP contribution in [-0.2, 0) is 6.54 Å². The highest BCUT2D eigenvalue weighted by Gasteiger charge is 2.08. The molecule has 0 spiro atoms. The normalized spacial score (nSPS) is 10.8. The Kier molecular flexibility index (Phi) is 4.66. The van der Waals surface area contributed by atoms with Crippen molar-refractivity contribution in [3.05, 3.63) is 83.9 Å². The summed E-state index contributed by atoms with van der Waals surface area (Å²) in [6.07, 6.45) is 0. The number of hydrogen-bond acceptors (Lipinski definition) is 4. The number of amides is 1. The maximum Gasteiger partial charge on any atom is 0.251 e. The number of H-pyrrole nitrogens is 1. The minimum absolute atomic E-state index is 0.127. The molecule has 5 nitrogen and oxygen atoms in total. The number of benzene rings is 3. The fourth-order valence-corrected chi connectivity index (χ4v) is 3.40. The minimum Gasteiger partial charge on any atom is -0.348 e. The Balaban J connectivity index is 1.37. The van der Waals surface area contributed by atoms with E-state index >= 15 is 0 Å². The van der Waals surface area contributed by atoms with Gasteiger partial charge in [-0.15, -0.1) is 0 Å². The van der Waals surface area contributed by atoms with Gasteiger partial charge in [0.25, 0.3) is 5.91 Å². The van der Waals surface area contributed by atoms with Crippen LogP contribution in [0.15, 0.2) is 82.6 Å². The van der Waals surface area contributed by atoms with Gasteiger partial charge in [0, 0.05) is 21.9 Å². The van der Waals surface area contributed by atoms with Gasteiger partial charge in [0.15, 0.2) is 0 Å². The lowest BCUT2D eigenvalue weighted by Crippen LogP contribution is -2.22. The highest BCUT2D eigenvalue weighted by atomic mass is 32.2. The first kappa shape index (κ1) is 16.4. The van der Waals surface area contributed by atoms with Crippen LogP contribution in [0.5, 0.6) is 0 Å². The zero-order chi connectivity index (χ0) is 17.8. The number of aromatic amines is 1. The lowest BCUT2D eigenvalue weighted by atomic mass is 10.1. The van der Waals surface area contributed by atoms with Crippen molar-refractivity contribution in [1.82, 2.24) is 20.7 Å². The Morgan fingerprint density at radius 3 is 2.42 bits per heavy atom. The van der Waals surface area contributed by atoms with E-state index in [2.05, 4.69) is 45.0 Å². The van der Waals surface area contributed by atoms with E-state index in [1.807, 2.05) is 30.3 Å². The van der Waals surface area contributed by atoms with Crippen molar-refractivity contribution < 1.29 is 4.79 Å². The smallest absolute Gasteiger partial charge is 0.251 e. The van der Waals surface area contributed by atoms with Gasteiger partial charge >= 0.3 is 0 Å². The van der Waals surface area contributed by atoms with Crippen LogP contribution in [0.4, 0.5) is 0 Å². The second kappa shape index (κ2) is 7.41. The van der Waals surface area contributed by atoms with Crippen molar-refractivity contribution in [3.63, 3.8) is 0 Å². The van der Waals surface area contributed by atoms with Crippen molar-refractivity contribution in [1.29, 1.82) is 0 Å². The molecule has 0 bridgehead atoms. The standard InChI is InChI=1S/C20H16N4OS/c25-20(15-8-11-18-19(12-15)23-24-22-18)21-13-14-6-9-17(10-7-14)26-16-4-2-1-3-5-16/h1-12H,13H2,(H,21,25)(H,22,23,24). The second-order valence-corrected chi connectivity index (χ2v) is 6.92. The third-order valence-corrected chi connectivity index (χ3v) is 4.95. The Morgan fingerprint density at radius 1 is 0.885 bits per heavy atom. The summed E-state index contributed by atoms with van der Waals surface area (Å²) >= 11 is 1.72. The molecule has 4 rings (SSSR count). The molecule has 1 aromatic heterocycles. The van der Waals surface area contributed by atoms with Crippen molar-refractivity contribution in [2.24, 2.45) is 0 Å². The van der Waals surface area contributed by atoms with Gasteiger partial charge in [-0.1, -0.05) is 42.1 Å². The molecule has 128 valence electrons. The van der Waals surface area contributed by atoms with Crippen LogP contribution < -0.4 is 5.32 Å². The molecule has 0 aliphatic heterocycles. The first-order valence-electron chi connectivity index (χ1n) is 8.18. The molecular weight excluding hydrogens is 344 g/mol. The van der Waals surface area contributed by atoms with Gasteiger partial charge in [-0.05, 0) is 48.0 Å². The number of fused-ring (bicyclic) bond motifs is 1. The molecule has 0 saturated heterocycles. The number of aromatic nitrogens is 3. The largest absolute Gasteiger partial charge is 0.348 e. The Morgan fingerprint density at radius 2 is 1.62 bits per heavy atom. The lowest BCUT2D eigenvalue weighted by molar-refractivity contribution is 0.0951. The fourth-order valence-electron chi connectivity index (χ4n) is 2.57. The molecule has 0 unspecified atom stereocenters. The number of carbonyl (C=O) groups is 1. The van der Waals surface area contributed by atoms with Crippen LogP contribution in [0.3, 0.4) is 0 Å². The summed E-state index contributed by atoms with van der Waals surface area (Å²) in [4.78, 5) is 14.7. The molecule has 0 aliphatic carbocycles. The zero-order valence-corrected chi connectivity index (χ0v) is 14.7. The van der Waals surface area contributed by atoms with E-state index in [1.165, 1.54) is 9.79 Å². The predicted molar refractivity (Wildman–Crippen MR) is 102 cm³/mol. The summed E-state index contributed by atoms with van der Waals surface area (Å²) in [7, 11) is 0. The van der Waals surface area contributed by atoms with E-state index in [9.17, 15) is 4.79 Å². The molecule has 2 N–H and O–H groups in total. The molecule has 0 radical (unpaired) electrons. The molecular formula is C20H16N4OS. The van der Waals surface area contributed by atoms with E-state index in [-0.39, 0.29) is 5.91 Å². The molecule has 3 aromatic carbocycles. The monoisotopic (exact) mass is 360 g/mol. The Bertz CT molecular complexity index is 1030. The van der Waals surface area contributed by atoms with Gasteiger partial charge in [-0.2, -0.15) is 15.4 Å². The summed E-state index contributed by atoms with van der Waals surface area (Å²) in [5.74, 6) is -0.127. The Labute approximate surface area is 154 Å². The summed E-state index contributed by atoms with van der Waals surface area (Å²) in [6.45, 7) is 0.478. The summed E-state index contributed by atoms with van der Waals surface area (Å²) < 4.78 is 0. The molecule has 1 amide bonds. The van der Waals surface area contributed by atoms with Crippen molar-refractivity contribution in [3.8, 4) is 0 Å². The van der Waals surface area contributed by atoms with Gasteiger partial charge in [0.2, 0.25) is 0 Å². The second-order valence-electron chi connectivity index (χ2n) is 5.77. The van der Waals surface area contributed by atoms with Crippen LogP contribution in [0, 0.1) is 0 Å². The number of rotatable bonds is 5. The van der Waals surface area contributed by atoms with Gasteiger partial charge in [0.05, 0.1) is 0 Å². The predicted octanol–water partition coefficient (Wildman–Crippen LogP) is 4.04. The SMILES string of the molecule is O=C(NCc1ccc(Sc2ccccc2)cc1)c1ccc2n[nH]nc2c1.